The quantitative estimate of drug-likeness (QED) is 0.663. The van der Waals surface area contributed by atoms with E-state index in [0.717, 1.165) is 4.68 Å². The van der Waals surface area contributed by atoms with E-state index in [2.05, 4.69) is 30.7 Å². The van der Waals surface area contributed by atoms with Gasteiger partial charge in [-0.1, -0.05) is 11.6 Å². The van der Waals surface area contributed by atoms with E-state index in [1.54, 1.807) is 12.1 Å². The largest absolute Gasteiger partial charge is 0.513 e. The molecule has 0 aliphatic heterocycles. The lowest BCUT2D eigenvalue weighted by atomic mass is 10.4. The Labute approximate surface area is 119 Å². The average molecular weight is 347 g/mol. The minimum atomic E-state index is -1.71. The molecule has 0 bridgehead atoms. The van der Waals surface area contributed by atoms with Crippen molar-refractivity contribution in [3.8, 4) is 5.82 Å². The first-order valence-electron chi connectivity index (χ1n) is 4.80. The number of halogens is 2. The zero-order valence-corrected chi connectivity index (χ0v) is 11.4. The lowest BCUT2D eigenvalue weighted by Crippen LogP contribution is -2.15. The SMILES string of the molecule is O=C(O)OC(=O)c1cc(Br)nn1-c1ncccc1Cl. The average Bonchev–Trinajstić information content (AvgIpc) is 2.71. The molecule has 0 saturated carbocycles. The second kappa shape index (κ2) is 5.37. The predicted molar refractivity (Wildman–Crippen MR) is 67.5 cm³/mol. The van der Waals surface area contributed by atoms with Gasteiger partial charge in [0.25, 0.3) is 0 Å². The van der Waals surface area contributed by atoms with Crippen molar-refractivity contribution in [1.82, 2.24) is 14.8 Å². The smallest absolute Gasteiger partial charge is 0.449 e. The second-order valence-corrected chi connectivity index (χ2v) is 4.45. The molecule has 9 heteroatoms. The van der Waals surface area contributed by atoms with Gasteiger partial charge in [0.05, 0.1) is 5.02 Å². The van der Waals surface area contributed by atoms with Crippen molar-refractivity contribution in [3.63, 3.8) is 0 Å². The highest BCUT2D eigenvalue weighted by Gasteiger charge is 2.21. The van der Waals surface area contributed by atoms with Gasteiger partial charge in [0.2, 0.25) is 0 Å². The first-order valence-corrected chi connectivity index (χ1v) is 5.97. The molecule has 19 heavy (non-hydrogen) atoms. The molecule has 0 unspecified atom stereocenters. The Hall–Kier alpha value is -1.93. The van der Waals surface area contributed by atoms with E-state index in [0.29, 0.717) is 4.60 Å². The maximum absolute atomic E-state index is 11.6. The molecule has 0 radical (unpaired) electrons. The van der Waals surface area contributed by atoms with Crippen molar-refractivity contribution in [1.29, 1.82) is 0 Å². The molecule has 0 aliphatic rings. The minimum absolute atomic E-state index is 0.116. The van der Waals surface area contributed by atoms with Crippen LogP contribution < -0.4 is 0 Å². The monoisotopic (exact) mass is 345 g/mol. The van der Waals surface area contributed by atoms with Crippen molar-refractivity contribution in [2.24, 2.45) is 0 Å². The summed E-state index contributed by atoms with van der Waals surface area (Å²) < 4.78 is 5.48. The molecule has 2 rings (SSSR count). The summed E-state index contributed by atoms with van der Waals surface area (Å²) in [6.07, 6.45) is -0.246. The van der Waals surface area contributed by atoms with Gasteiger partial charge < -0.3 is 9.84 Å². The van der Waals surface area contributed by atoms with Gasteiger partial charge in [-0.3, -0.25) is 0 Å². The van der Waals surface area contributed by atoms with Crippen LogP contribution >= 0.6 is 27.5 Å². The Kier molecular flexibility index (Phi) is 3.82. The van der Waals surface area contributed by atoms with Gasteiger partial charge in [-0.05, 0) is 28.1 Å². The van der Waals surface area contributed by atoms with Crippen LogP contribution in [0.15, 0.2) is 29.0 Å². The first-order chi connectivity index (χ1) is 8.99. The minimum Gasteiger partial charge on any atom is -0.449 e. The summed E-state index contributed by atoms with van der Waals surface area (Å²) in [5.41, 5.74) is -0.116. The van der Waals surface area contributed by atoms with Crippen LogP contribution in [-0.4, -0.2) is 32.0 Å². The molecule has 2 aromatic heterocycles. The maximum atomic E-state index is 11.6. The van der Waals surface area contributed by atoms with E-state index in [1.165, 1.54) is 12.3 Å². The standard InChI is InChI=1S/C10H5BrClN3O4/c11-7-4-6(9(16)19-10(17)18)15(14-7)8-5(12)2-1-3-13-8/h1-4H,(H,17,18). The molecule has 0 fully saturated rings. The van der Waals surface area contributed by atoms with E-state index in [-0.39, 0.29) is 16.5 Å². The highest BCUT2D eigenvalue weighted by atomic mass is 79.9. The topological polar surface area (TPSA) is 94.3 Å². The van der Waals surface area contributed by atoms with Crippen molar-refractivity contribution in [2.75, 3.05) is 0 Å². The molecule has 0 amide bonds. The number of hydrogen-bond donors (Lipinski definition) is 1. The lowest BCUT2D eigenvalue weighted by Gasteiger charge is -2.05. The van der Waals surface area contributed by atoms with Crippen molar-refractivity contribution < 1.29 is 19.4 Å². The van der Waals surface area contributed by atoms with Crippen LogP contribution in [0.4, 0.5) is 4.79 Å². The fraction of sp³-hybridized carbons (Fsp3) is 0. The zero-order chi connectivity index (χ0) is 14.0. The number of carboxylic acid groups (broad SMARTS) is 1. The van der Waals surface area contributed by atoms with Gasteiger partial charge in [0.1, 0.15) is 4.60 Å². The number of carbonyl (C=O) groups excluding carboxylic acids is 1. The van der Waals surface area contributed by atoms with Gasteiger partial charge in [-0.15, -0.1) is 0 Å². The summed E-state index contributed by atoms with van der Waals surface area (Å²) >= 11 is 9.02. The van der Waals surface area contributed by atoms with Crippen LogP contribution in [0.1, 0.15) is 10.5 Å². The van der Waals surface area contributed by atoms with Gasteiger partial charge in [-0.25, -0.2) is 19.3 Å². The highest BCUT2D eigenvalue weighted by Crippen LogP contribution is 2.21. The molecule has 0 spiro atoms. The van der Waals surface area contributed by atoms with Crippen LogP contribution in [0.3, 0.4) is 0 Å². The van der Waals surface area contributed by atoms with E-state index < -0.39 is 12.1 Å². The molecular weight excluding hydrogens is 341 g/mol. The third-order valence-electron chi connectivity index (χ3n) is 2.01. The summed E-state index contributed by atoms with van der Waals surface area (Å²) in [4.78, 5) is 26.0. The van der Waals surface area contributed by atoms with Crippen LogP contribution in [0.2, 0.25) is 5.02 Å². The van der Waals surface area contributed by atoms with E-state index >= 15 is 0 Å². The fourth-order valence-corrected chi connectivity index (χ4v) is 1.90. The summed E-state index contributed by atoms with van der Waals surface area (Å²) in [7, 11) is 0. The highest BCUT2D eigenvalue weighted by molar-refractivity contribution is 9.10. The predicted octanol–water partition coefficient (Wildman–Crippen LogP) is 2.52. The van der Waals surface area contributed by atoms with Crippen LogP contribution in [0, 0.1) is 0 Å². The zero-order valence-electron chi connectivity index (χ0n) is 9.08. The maximum Gasteiger partial charge on any atom is 0.513 e. The van der Waals surface area contributed by atoms with E-state index in [9.17, 15) is 9.59 Å². The summed E-state index contributed by atoms with van der Waals surface area (Å²) in [5.74, 6) is -0.889. The molecule has 0 aromatic carbocycles. The van der Waals surface area contributed by atoms with E-state index in [4.69, 9.17) is 16.7 Å². The number of carbonyl (C=O) groups is 2. The van der Waals surface area contributed by atoms with Gasteiger partial charge in [0, 0.05) is 12.3 Å². The molecule has 98 valence electrons. The number of pyridine rings is 1. The Morgan fingerprint density at radius 2 is 2.21 bits per heavy atom. The summed E-state index contributed by atoms with van der Waals surface area (Å²) in [6.45, 7) is 0. The van der Waals surface area contributed by atoms with Crippen LogP contribution in [0.25, 0.3) is 5.82 Å². The van der Waals surface area contributed by atoms with Crippen LogP contribution in [-0.2, 0) is 4.74 Å². The molecule has 2 aromatic rings. The van der Waals surface area contributed by atoms with Crippen LogP contribution in [0.5, 0.6) is 0 Å². The van der Waals surface area contributed by atoms with Crippen molar-refractivity contribution in [2.45, 2.75) is 0 Å². The third kappa shape index (κ3) is 2.91. The molecule has 1 N–H and O–H groups in total. The van der Waals surface area contributed by atoms with Gasteiger partial charge in [-0.2, -0.15) is 5.10 Å². The summed E-state index contributed by atoms with van der Waals surface area (Å²) in [5, 5.41) is 12.7. The first kappa shape index (κ1) is 13.5. The number of hydrogen-bond acceptors (Lipinski definition) is 5. The molecule has 7 nitrogen and oxygen atoms in total. The number of nitrogens with zero attached hydrogens (tertiary/aromatic N) is 3. The molecule has 0 aliphatic carbocycles. The van der Waals surface area contributed by atoms with Crippen molar-refractivity contribution >= 4 is 39.7 Å². The Balaban J connectivity index is 2.50. The molecule has 2 heterocycles. The van der Waals surface area contributed by atoms with Crippen molar-refractivity contribution in [3.05, 3.63) is 39.7 Å². The Morgan fingerprint density at radius 3 is 2.84 bits per heavy atom. The van der Waals surface area contributed by atoms with Gasteiger partial charge in [0.15, 0.2) is 11.5 Å². The molecule has 0 saturated heterocycles. The number of esters is 1. The second-order valence-electron chi connectivity index (χ2n) is 3.23. The normalized spacial score (nSPS) is 10.2. The molecular formula is C10H5BrClN3O4. The number of aromatic nitrogens is 3. The van der Waals surface area contributed by atoms with Gasteiger partial charge >= 0.3 is 12.1 Å². The number of ether oxygens (including phenoxy) is 1. The summed E-state index contributed by atoms with van der Waals surface area (Å²) in [6, 6.07) is 4.47. The molecule has 0 atom stereocenters. The third-order valence-corrected chi connectivity index (χ3v) is 2.69. The fourth-order valence-electron chi connectivity index (χ4n) is 1.32. The van der Waals surface area contributed by atoms with E-state index in [1.807, 2.05) is 0 Å². The number of rotatable bonds is 2. The Bertz CT molecular complexity index is 658. The lowest BCUT2D eigenvalue weighted by molar-refractivity contribution is 0.0500. The Morgan fingerprint density at radius 1 is 1.47 bits per heavy atom.